The quantitative estimate of drug-likeness (QED) is 0.356. The molecule has 1 aromatic rings. The van der Waals surface area contributed by atoms with Gasteiger partial charge in [0.2, 0.25) is 0 Å². The van der Waals surface area contributed by atoms with Crippen molar-refractivity contribution in [2.45, 2.75) is 17.6 Å². The fraction of sp³-hybridized carbons (Fsp3) is 0.556. The molecule has 0 fully saturated rings. The van der Waals surface area contributed by atoms with E-state index in [0.717, 1.165) is 10.4 Å². The van der Waals surface area contributed by atoms with Crippen molar-refractivity contribution in [2.24, 2.45) is 5.84 Å². The van der Waals surface area contributed by atoms with Crippen molar-refractivity contribution < 1.29 is 18.4 Å². The molecule has 0 atom stereocenters. The Bertz CT molecular complexity index is 565. The third-order valence-electron chi connectivity index (χ3n) is 2.43. The highest BCUT2D eigenvalue weighted by molar-refractivity contribution is 7.91. The van der Waals surface area contributed by atoms with Crippen molar-refractivity contribution in [3.63, 3.8) is 0 Å². The first-order valence-corrected chi connectivity index (χ1v) is 8.00. The van der Waals surface area contributed by atoms with Crippen LogP contribution < -0.4 is 11.3 Å². The van der Waals surface area contributed by atoms with Gasteiger partial charge in [0.05, 0.1) is 11.5 Å². The molecule has 1 aromatic heterocycles. The first-order valence-electron chi connectivity index (χ1n) is 5.74. The Morgan fingerprint density at radius 3 is 2.60 bits per heavy atom. The number of nitrogens with zero attached hydrogens (tertiary/aromatic N) is 2. The van der Waals surface area contributed by atoms with Gasteiger partial charge in [-0.15, -0.1) is 0 Å². The highest BCUT2D eigenvalue weighted by Crippen LogP contribution is 2.37. The molecule has 0 aliphatic carbocycles. The summed E-state index contributed by atoms with van der Waals surface area (Å²) in [5.74, 6) is 5.15. The molecule has 0 saturated carbocycles. The number of aliphatic hydroxyl groups excluding tert-OH is 1. The molecule has 1 rings (SSSR count). The highest BCUT2D eigenvalue weighted by Gasteiger charge is 2.30. The second-order valence-corrected chi connectivity index (χ2v) is 7.03. The molecule has 1 heterocycles. The molecule has 0 amide bonds. The van der Waals surface area contributed by atoms with Crippen LogP contribution in [-0.4, -0.2) is 42.4 Å². The number of nitrogens with one attached hydrogen (secondary N) is 1. The standard InChI is InChI=1S/C9H16N4O5S2/c1-2-3-12(4-5-14)20(17,18)8-6-7(13(15)16)9(11-10)19-8/h6,11,14H,2-5,10H2,1H3. The minimum Gasteiger partial charge on any atom is -0.395 e. The van der Waals surface area contributed by atoms with Gasteiger partial charge in [0.1, 0.15) is 4.21 Å². The van der Waals surface area contributed by atoms with Gasteiger partial charge in [0, 0.05) is 19.2 Å². The molecule has 20 heavy (non-hydrogen) atoms. The predicted octanol–water partition coefficient (Wildman–Crippen LogP) is 0.335. The van der Waals surface area contributed by atoms with Crippen molar-refractivity contribution in [2.75, 3.05) is 25.1 Å². The zero-order valence-corrected chi connectivity index (χ0v) is 12.4. The predicted molar refractivity (Wildman–Crippen MR) is 74.9 cm³/mol. The molecule has 0 aromatic carbocycles. The molecule has 0 unspecified atom stereocenters. The van der Waals surface area contributed by atoms with Crippen LogP contribution in [0.2, 0.25) is 0 Å². The second-order valence-electron chi connectivity index (χ2n) is 3.81. The molecule has 114 valence electrons. The van der Waals surface area contributed by atoms with E-state index in [-0.39, 0.29) is 28.9 Å². The van der Waals surface area contributed by atoms with Gasteiger partial charge in [0.25, 0.3) is 10.0 Å². The smallest absolute Gasteiger partial charge is 0.306 e. The van der Waals surface area contributed by atoms with E-state index in [1.165, 1.54) is 0 Å². The van der Waals surface area contributed by atoms with Crippen molar-refractivity contribution in [3.05, 3.63) is 16.2 Å². The summed E-state index contributed by atoms with van der Waals surface area (Å²) in [4.78, 5) is 10.1. The number of nitrogen functional groups attached to an aromatic ring is 1. The Morgan fingerprint density at radius 2 is 2.20 bits per heavy atom. The van der Waals surface area contributed by atoms with Crippen LogP contribution in [-0.2, 0) is 10.0 Å². The number of sulfonamides is 1. The minimum atomic E-state index is -3.88. The minimum absolute atomic E-state index is 0.0333. The molecule has 0 aliphatic heterocycles. The monoisotopic (exact) mass is 324 g/mol. The lowest BCUT2D eigenvalue weighted by Crippen LogP contribution is -2.33. The summed E-state index contributed by atoms with van der Waals surface area (Å²) in [6.07, 6.45) is 0.564. The third kappa shape index (κ3) is 3.43. The van der Waals surface area contributed by atoms with E-state index in [4.69, 9.17) is 10.9 Å². The number of thiophene rings is 1. The molecule has 0 spiro atoms. The number of aliphatic hydroxyl groups is 1. The lowest BCUT2D eigenvalue weighted by Gasteiger charge is -2.19. The second kappa shape index (κ2) is 6.95. The number of hydrazine groups is 1. The summed E-state index contributed by atoms with van der Waals surface area (Å²) in [6.45, 7) is 1.63. The van der Waals surface area contributed by atoms with Gasteiger partial charge in [0.15, 0.2) is 5.00 Å². The van der Waals surface area contributed by atoms with Crippen LogP contribution >= 0.6 is 11.3 Å². The van der Waals surface area contributed by atoms with Crippen LogP contribution in [0.4, 0.5) is 10.7 Å². The fourth-order valence-electron chi connectivity index (χ4n) is 1.57. The maximum Gasteiger partial charge on any atom is 0.306 e. The van der Waals surface area contributed by atoms with Crippen LogP contribution in [0, 0.1) is 10.1 Å². The zero-order valence-electron chi connectivity index (χ0n) is 10.8. The Labute approximate surface area is 120 Å². The summed E-state index contributed by atoms with van der Waals surface area (Å²) in [7, 11) is -3.88. The van der Waals surface area contributed by atoms with Gasteiger partial charge in [-0.05, 0) is 6.42 Å². The van der Waals surface area contributed by atoms with E-state index in [2.05, 4.69) is 5.43 Å². The maximum atomic E-state index is 12.4. The molecule has 0 radical (unpaired) electrons. The fourth-order valence-corrected chi connectivity index (χ4v) is 4.48. The summed E-state index contributed by atoms with van der Waals surface area (Å²) in [5.41, 5.74) is 1.72. The summed E-state index contributed by atoms with van der Waals surface area (Å²) < 4.78 is 25.6. The number of rotatable bonds is 8. The molecular weight excluding hydrogens is 308 g/mol. The Morgan fingerprint density at radius 1 is 1.55 bits per heavy atom. The number of hydrogen-bond acceptors (Lipinski definition) is 8. The molecule has 0 aliphatic rings. The maximum absolute atomic E-state index is 12.4. The van der Waals surface area contributed by atoms with Crippen LogP contribution in [0.3, 0.4) is 0 Å². The number of nitro groups is 1. The van der Waals surface area contributed by atoms with Gasteiger partial charge in [-0.1, -0.05) is 18.3 Å². The zero-order chi connectivity index (χ0) is 15.3. The number of hydrogen-bond donors (Lipinski definition) is 3. The van der Waals surface area contributed by atoms with Gasteiger partial charge in [-0.2, -0.15) is 4.31 Å². The first kappa shape index (κ1) is 16.8. The van der Waals surface area contributed by atoms with E-state index >= 15 is 0 Å². The average molecular weight is 324 g/mol. The topological polar surface area (TPSA) is 139 Å². The van der Waals surface area contributed by atoms with Gasteiger partial charge >= 0.3 is 5.69 Å². The van der Waals surface area contributed by atoms with Crippen molar-refractivity contribution in [1.82, 2.24) is 4.31 Å². The van der Waals surface area contributed by atoms with Crippen LogP contribution in [0.15, 0.2) is 10.3 Å². The van der Waals surface area contributed by atoms with E-state index in [1.54, 1.807) is 6.92 Å². The summed E-state index contributed by atoms with van der Waals surface area (Å²) in [5, 5.41) is 19.7. The number of nitrogens with two attached hydrogens (primary N) is 1. The van der Waals surface area contributed by atoms with E-state index < -0.39 is 20.6 Å². The normalized spacial score (nSPS) is 11.8. The third-order valence-corrected chi connectivity index (χ3v) is 5.84. The van der Waals surface area contributed by atoms with Gasteiger partial charge in [-0.25, -0.2) is 14.3 Å². The molecule has 4 N–H and O–H groups in total. The average Bonchev–Trinajstić information content (AvgIpc) is 2.83. The molecule has 0 bridgehead atoms. The molecular formula is C9H16N4O5S2. The van der Waals surface area contributed by atoms with E-state index in [9.17, 15) is 18.5 Å². The van der Waals surface area contributed by atoms with E-state index in [0.29, 0.717) is 17.8 Å². The largest absolute Gasteiger partial charge is 0.395 e. The van der Waals surface area contributed by atoms with Crippen molar-refractivity contribution in [1.29, 1.82) is 0 Å². The Balaban J connectivity index is 3.23. The van der Waals surface area contributed by atoms with Gasteiger partial charge in [-0.3, -0.25) is 10.1 Å². The van der Waals surface area contributed by atoms with Crippen LogP contribution in [0.1, 0.15) is 13.3 Å². The Kier molecular flexibility index (Phi) is 5.83. The summed E-state index contributed by atoms with van der Waals surface area (Å²) in [6, 6.07) is 0.967. The molecule has 0 saturated heterocycles. The van der Waals surface area contributed by atoms with Crippen LogP contribution in [0.5, 0.6) is 0 Å². The molecule has 9 nitrogen and oxygen atoms in total. The SMILES string of the molecule is CCCN(CCO)S(=O)(=O)c1cc([N+](=O)[O-])c(NN)s1. The highest BCUT2D eigenvalue weighted by atomic mass is 32.2. The van der Waals surface area contributed by atoms with Crippen LogP contribution in [0.25, 0.3) is 0 Å². The first-order chi connectivity index (χ1) is 9.38. The van der Waals surface area contributed by atoms with Crippen molar-refractivity contribution >= 4 is 32.0 Å². The van der Waals surface area contributed by atoms with Crippen molar-refractivity contribution in [3.8, 4) is 0 Å². The lowest BCUT2D eigenvalue weighted by atomic mass is 10.5. The van der Waals surface area contributed by atoms with Gasteiger partial charge < -0.3 is 10.5 Å². The number of anilines is 1. The summed E-state index contributed by atoms with van der Waals surface area (Å²) >= 11 is 0.686. The molecule has 11 heteroatoms. The lowest BCUT2D eigenvalue weighted by molar-refractivity contribution is -0.383. The Hall–Kier alpha value is -1.27. The van der Waals surface area contributed by atoms with E-state index in [1.807, 2.05) is 0 Å².